The summed E-state index contributed by atoms with van der Waals surface area (Å²) in [5.41, 5.74) is 0.579. The van der Waals surface area contributed by atoms with Gasteiger partial charge in [-0.25, -0.2) is 4.79 Å². The molecule has 1 aromatic rings. The van der Waals surface area contributed by atoms with Crippen molar-refractivity contribution in [2.45, 2.75) is 155 Å². The number of piperidine rings is 1. The zero-order valence-corrected chi connectivity index (χ0v) is 42.5. The zero-order chi connectivity index (χ0) is 50.7. The van der Waals surface area contributed by atoms with Gasteiger partial charge in [-0.1, -0.05) is 91.1 Å². The maximum Gasteiger partial charge on any atom is 0.326 e. The Kier molecular flexibility index (Phi) is 20.6. The van der Waals surface area contributed by atoms with Gasteiger partial charge in [-0.05, 0) is 61.0 Å². The van der Waals surface area contributed by atoms with Crippen LogP contribution in [0.1, 0.15) is 105 Å². The van der Waals surface area contributed by atoms with E-state index in [0.29, 0.717) is 42.7 Å². The lowest BCUT2D eigenvalue weighted by molar-refractivity contribution is -0.149. The predicted octanol–water partition coefficient (Wildman–Crippen LogP) is 4.48. The molecule has 11 atom stereocenters. The van der Waals surface area contributed by atoms with Gasteiger partial charge in [-0.15, -0.1) is 0 Å². The number of likely N-dealkylation sites (tertiary alicyclic amines) is 1. The number of ether oxygens (including phenoxy) is 2. The third-order valence-electron chi connectivity index (χ3n) is 14.2. The highest BCUT2D eigenvalue weighted by atomic mass is 35.5. The van der Waals surface area contributed by atoms with E-state index in [-0.39, 0.29) is 85.1 Å². The first-order valence-corrected chi connectivity index (χ1v) is 24.5. The van der Waals surface area contributed by atoms with Crippen molar-refractivity contribution in [2.24, 2.45) is 29.6 Å². The summed E-state index contributed by atoms with van der Waals surface area (Å²) in [4.78, 5) is 112. The highest BCUT2D eigenvalue weighted by Crippen LogP contribution is 2.50. The molecule has 1 aliphatic carbocycles. The number of aliphatic carboxylic acids is 1. The van der Waals surface area contributed by atoms with Gasteiger partial charge in [0, 0.05) is 70.9 Å². The molecule has 1 aromatic carbocycles. The minimum atomic E-state index is -1.25. The average molecular weight is 972 g/mol. The van der Waals surface area contributed by atoms with Crippen LogP contribution in [0.2, 0.25) is 5.02 Å². The predicted molar refractivity (Wildman–Crippen MR) is 256 cm³/mol. The van der Waals surface area contributed by atoms with Crippen LogP contribution in [0.4, 0.5) is 0 Å². The van der Waals surface area contributed by atoms with Crippen molar-refractivity contribution < 1.29 is 52.9 Å². The molecule has 2 heterocycles. The number of unbranched alkanes of at least 4 members (excludes halogenated alkanes) is 2. The summed E-state index contributed by atoms with van der Waals surface area (Å²) in [6, 6.07) is 2.63. The van der Waals surface area contributed by atoms with E-state index in [2.05, 4.69) is 10.6 Å². The quantitative estimate of drug-likeness (QED) is 0.0827. The number of amides is 7. The normalized spacial score (nSPS) is 21.1. The van der Waals surface area contributed by atoms with Gasteiger partial charge in [0.05, 0.1) is 36.6 Å². The molecule has 0 radical (unpaired) electrons. The molecule has 0 spiro atoms. The Hall–Kier alpha value is -4.87. The Morgan fingerprint density at radius 3 is 2.06 bits per heavy atom. The number of halogens is 1. The lowest BCUT2D eigenvalue weighted by atomic mass is 9.89. The molecule has 68 heavy (non-hydrogen) atoms. The molecule has 378 valence electrons. The number of likely N-dealkylation sites (N-methyl/N-ethyl adjacent to an activating group) is 2. The minimum absolute atomic E-state index is 0.0194. The van der Waals surface area contributed by atoms with Crippen molar-refractivity contribution in [3.05, 3.63) is 47.0 Å². The summed E-state index contributed by atoms with van der Waals surface area (Å²) in [5, 5.41) is 16.1. The molecule has 0 aromatic heterocycles. The second-order valence-corrected chi connectivity index (χ2v) is 20.0. The fraction of sp³-hybridized carbons (Fsp3) is 0.680. The number of carbonyl (C=O) groups excluding carboxylic acids is 7. The van der Waals surface area contributed by atoms with E-state index < -0.39 is 66.1 Å². The molecule has 7 amide bonds. The van der Waals surface area contributed by atoms with Gasteiger partial charge in [-0.2, -0.15) is 0 Å². The van der Waals surface area contributed by atoms with Gasteiger partial charge in [0.25, 0.3) is 11.8 Å². The van der Waals surface area contributed by atoms with Crippen LogP contribution in [0.25, 0.3) is 0 Å². The lowest BCUT2D eigenvalue weighted by Crippen LogP contribution is -2.60. The maximum atomic E-state index is 14.6. The fourth-order valence-electron chi connectivity index (χ4n) is 10.00. The number of carboxylic acids is 1. The third kappa shape index (κ3) is 13.7. The van der Waals surface area contributed by atoms with Crippen molar-refractivity contribution in [1.29, 1.82) is 0 Å². The number of imide groups is 1. The molecule has 3 unspecified atom stereocenters. The largest absolute Gasteiger partial charge is 0.480 e. The SMILES string of the molecule is CC[C@H](C)[C@@H](C(CC(=O)N1C2C[C@H]2C[C@H]1[C@H](OC)[C@@H](C)C(=O)N[C@@H](Cc1ccccc1Cl)C(=O)O)OC)N(C)C(=O)[C@@H](NC(=O)C(C(C)C)N(C)C(=O)CCCCCN1C(=O)C=CC1=O)C(C)C. The monoisotopic (exact) mass is 971 g/mol. The van der Waals surface area contributed by atoms with Gasteiger partial charge < -0.3 is 39.9 Å². The molecular formula is C50H75ClN6O11. The number of rotatable bonds is 27. The van der Waals surface area contributed by atoms with Gasteiger partial charge >= 0.3 is 5.97 Å². The molecule has 3 N–H and O–H groups in total. The zero-order valence-electron chi connectivity index (χ0n) is 41.7. The van der Waals surface area contributed by atoms with Crippen LogP contribution in [-0.4, -0.2) is 155 Å². The number of hydrogen-bond donors (Lipinski definition) is 3. The number of nitrogens with one attached hydrogen (secondary N) is 2. The first-order valence-electron chi connectivity index (χ1n) is 24.1. The molecule has 18 heteroatoms. The van der Waals surface area contributed by atoms with E-state index in [1.807, 2.05) is 41.5 Å². The lowest BCUT2D eigenvalue weighted by Gasteiger charge is -2.41. The Balaban J connectivity index is 1.44. The summed E-state index contributed by atoms with van der Waals surface area (Å²) in [6.07, 6.45) is 4.75. The number of benzene rings is 1. The first kappa shape index (κ1) is 55.7. The smallest absolute Gasteiger partial charge is 0.326 e. The van der Waals surface area contributed by atoms with Crippen LogP contribution in [-0.2, 0) is 54.3 Å². The number of methoxy groups -OCH3 is 2. The first-order chi connectivity index (χ1) is 32.1. The molecule has 17 nitrogen and oxygen atoms in total. The summed E-state index contributed by atoms with van der Waals surface area (Å²) in [7, 11) is 6.22. The molecule has 2 fully saturated rings. The van der Waals surface area contributed by atoms with Crippen molar-refractivity contribution >= 4 is 58.9 Å². The van der Waals surface area contributed by atoms with E-state index in [9.17, 15) is 43.5 Å². The standard InChI is InChI=1S/C50H75ClN6O11/c1-12-30(6)45(55(9)49(64)43(28(2)3)53-48(63)44(29(4)5)54(8)39(58)20-14-13-17-23-56-40(59)21-22-41(56)60)38(67-10)27-42(61)57-36-25-33(36)26-37(57)46(68-11)31(7)47(62)52-35(50(65)66)24-32-18-15-16-19-34(32)51/h15-16,18-19,21-22,28-31,33,35-38,43-46H,12-14,17,20,23-27H2,1-11H3,(H,52,62)(H,53,63)(H,65,66)/t30-,31+,33-,35-,36?,37-,38?,43-,44?,45-,46+/m0/s1. The molecular weight excluding hydrogens is 896 g/mol. The summed E-state index contributed by atoms with van der Waals surface area (Å²) in [6.45, 7) is 13.2. The average Bonchev–Trinajstić information content (AvgIpc) is 3.84. The molecule has 1 saturated carbocycles. The second kappa shape index (κ2) is 25.1. The van der Waals surface area contributed by atoms with Gasteiger partial charge in [0.2, 0.25) is 29.5 Å². The van der Waals surface area contributed by atoms with Gasteiger partial charge in [0.1, 0.15) is 18.1 Å². The van der Waals surface area contributed by atoms with Crippen LogP contribution in [0.15, 0.2) is 36.4 Å². The van der Waals surface area contributed by atoms with E-state index in [1.54, 1.807) is 55.1 Å². The fourth-order valence-corrected chi connectivity index (χ4v) is 10.2. The summed E-state index contributed by atoms with van der Waals surface area (Å²) >= 11 is 6.31. The Morgan fingerprint density at radius 2 is 1.50 bits per heavy atom. The van der Waals surface area contributed by atoms with Gasteiger partial charge in [-0.3, -0.25) is 38.5 Å². The Morgan fingerprint density at radius 1 is 0.853 bits per heavy atom. The van der Waals surface area contributed by atoms with Crippen molar-refractivity contribution in [2.75, 3.05) is 34.9 Å². The summed E-state index contributed by atoms with van der Waals surface area (Å²) in [5.74, 6) is -5.12. The minimum Gasteiger partial charge on any atom is -0.480 e. The maximum absolute atomic E-state index is 14.6. The van der Waals surface area contributed by atoms with E-state index in [1.165, 1.54) is 36.2 Å². The number of fused-ring (bicyclic) bond motifs is 1. The highest BCUT2D eigenvalue weighted by molar-refractivity contribution is 6.31. The molecule has 0 bridgehead atoms. The van der Waals surface area contributed by atoms with Crippen LogP contribution < -0.4 is 10.6 Å². The van der Waals surface area contributed by atoms with E-state index in [4.69, 9.17) is 21.1 Å². The van der Waals surface area contributed by atoms with Crippen LogP contribution in [0.3, 0.4) is 0 Å². The van der Waals surface area contributed by atoms with Crippen LogP contribution >= 0.6 is 11.6 Å². The molecule has 3 aliphatic rings. The van der Waals surface area contributed by atoms with Crippen molar-refractivity contribution in [3.63, 3.8) is 0 Å². The summed E-state index contributed by atoms with van der Waals surface area (Å²) < 4.78 is 12.0. The number of nitrogens with zero attached hydrogens (tertiary/aromatic N) is 4. The van der Waals surface area contributed by atoms with Crippen molar-refractivity contribution in [3.8, 4) is 0 Å². The van der Waals surface area contributed by atoms with E-state index in [0.717, 1.165) is 6.42 Å². The van der Waals surface area contributed by atoms with Crippen LogP contribution in [0.5, 0.6) is 0 Å². The topological polar surface area (TPSA) is 212 Å². The molecule has 4 rings (SSSR count). The van der Waals surface area contributed by atoms with Crippen molar-refractivity contribution in [1.82, 2.24) is 30.2 Å². The third-order valence-corrected chi connectivity index (χ3v) is 14.6. The van der Waals surface area contributed by atoms with Crippen LogP contribution in [0, 0.1) is 29.6 Å². The molecule has 1 saturated heterocycles. The van der Waals surface area contributed by atoms with Gasteiger partial charge in [0.15, 0.2) is 0 Å². The highest BCUT2D eigenvalue weighted by Gasteiger charge is 2.57. The Bertz CT molecular complexity index is 2000. The number of carboxylic acid groups (broad SMARTS) is 1. The van der Waals surface area contributed by atoms with E-state index >= 15 is 0 Å². The Labute approximate surface area is 407 Å². The second-order valence-electron chi connectivity index (χ2n) is 19.6. The number of hydrogen-bond acceptors (Lipinski definition) is 10. The number of carbonyl (C=O) groups is 8. The molecule has 2 aliphatic heterocycles.